The molecular weight excluding hydrogens is 328 g/mol. The van der Waals surface area contributed by atoms with Gasteiger partial charge in [-0.3, -0.25) is 4.79 Å². The summed E-state index contributed by atoms with van der Waals surface area (Å²) in [5, 5.41) is 27.6. The Morgan fingerprint density at radius 3 is 2.00 bits per heavy atom. The molecule has 0 saturated carbocycles. The maximum atomic E-state index is 10.3. The number of carbonyl (C=O) groups is 1. The summed E-state index contributed by atoms with van der Waals surface area (Å²) in [6, 6.07) is 0. The monoisotopic (exact) mass is 360 g/mol. The van der Waals surface area contributed by atoms with E-state index in [1.807, 2.05) is 67.7 Å². The lowest BCUT2D eigenvalue weighted by atomic mass is 10.2. The molecule has 3 N–H and O–H groups in total. The van der Waals surface area contributed by atoms with Crippen molar-refractivity contribution in [1.29, 1.82) is 0 Å². The zero-order valence-electron chi connectivity index (χ0n) is 15.6. The Morgan fingerprint density at radius 1 is 0.808 bits per heavy atom. The largest absolute Gasteiger partial charge is 0.481 e. The summed E-state index contributed by atoms with van der Waals surface area (Å²) in [6.07, 6.45) is 25.2. The highest BCUT2D eigenvalue weighted by molar-refractivity contribution is 5.66. The Morgan fingerprint density at radius 2 is 1.38 bits per heavy atom. The lowest BCUT2D eigenvalue weighted by Gasteiger charge is -1.98. The second-order valence-corrected chi connectivity index (χ2v) is 5.75. The molecule has 0 aliphatic heterocycles. The molecule has 144 valence electrons. The average Bonchev–Trinajstić information content (AvgIpc) is 2.61. The van der Waals surface area contributed by atoms with E-state index in [9.17, 15) is 15.0 Å². The van der Waals surface area contributed by atoms with Crippen LogP contribution >= 0.6 is 0 Å². The first-order chi connectivity index (χ1) is 12.6. The van der Waals surface area contributed by atoms with Gasteiger partial charge in [0, 0.05) is 6.42 Å². The minimum Gasteiger partial charge on any atom is -0.481 e. The third-order valence-corrected chi connectivity index (χ3v) is 3.36. The van der Waals surface area contributed by atoms with Gasteiger partial charge in [-0.2, -0.15) is 0 Å². The smallest absolute Gasteiger partial charge is 0.303 e. The number of aliphatic carboxylic acids is 1. The number of hydrogen-bond acceptors (Lipinski definition) is 3. The molecule has 0 aromatic rings. The molecule has 26 heavy (non-hydrogen) atoms. The lowest BCUT2D eigenvalue weighted by Crippen LogP contribution is -1.98. The molecular formula is C22H32O4. The quantitative estimate of drug-likeness (QED) is 0.315. The summed E-state index contributed by atoms with van der Waals surface area (Å²) in [6.45, 7) is 1.93. The van der Waals surface area contributed by atoms with Gasteiger partial charge >= 0.3 is 5.97 Å². The molecule has 0 spiro atoms. The summed E-state index contributed by atoms with van der Waals surface area (Å²) in [4.78, 5) is 10.3. The molecule has 0 saturated heterocycles. The fourth-order valence-corrected chi connectivity index (χ4v) is 1.82. The number of aliphatic hydroxyl groups excluding tert-OH is 2. The predicted molar refractivity (Wildman–Crippen MR) is 108 cm³/mol. The molecule has 0 aromatic carbocycles. The van der Waals surface area contributed by atoms with E-state index in [1.54, 1.807) is 12.2 Å². The number of allylic oxidation sites excluding steroid dienone is 9. The van der Waals surface area contributed by atoms with E-state index >= 15 is 0 Å². The summed E-state index contributed by atoms with van der Waals surface area (Å²) in [7, 11) is 0. The SMILES string of the molecule is CC[C@@H](O)/C=C/C=C\C/C=C\C=C/[C@H](O)C/C=C\C/C=C\CCC(=O)O. The summed E-state index contributed by atoms with van der Waals surface area (Å²) in [5.74, 6) is -0.783. The fraction of sp³-hybridized carbons (Fsp3) is 0.409. The lowest BCUT2D eigenvalue weighted by molar-refractivity contribution is -0.136. The van der Waals surface area contributed by atoms with Crippen LogP contribution in [0.3, 0.4) is 0 Å². The van der Waals surface area contributed by atoms with Crippen molar-refractivity contribution in [2.75, 3.05) is 0 Å². The predicted octanol–water partition coefficient (Wildman–Crippen LogP) is 4.49. The highest BCUT2D eigenvalue weighted by Gasteiger charge is 1.93. The van der Waals surface area contributed by atoms with Crippen molar-refractivity contribution in [3.63, 3.8) is 0 Å². The molecule has 4 heteroatoms. The molecule has 0 aliphatic carbocycles. The van der Waals surface area contributed by atoms with Crippen molar-refractivity contribution < 1.29 is 20.1 Å². The maximum Gasteiger partial charge on any atom is 0.303 e. The molecule has 4 nitrogen and oxygen atoms in total. The van der Waals surface area contributed by atoms with E-state index in [0.717, 1.165) is 19.3 Å². The van der Waals surface area contributed by atoms with Crippen molar-refractivity contribution in [2.24, 2.45) is 0 Å². The number of hydrogen-bond donors (Lipinski definition) is 3. The molecule has 2 atom stereocenters. The first-order valence-corrected chi connectivity index (χ1v) is 9.10. The topological polar surface area (TPSA) is 77.8 Å². The van der Waals surface area contributed by atoms with Crippen molar-refractivity contribution in [3.05, 3.63) is 72.9 Å². The van der Waals surface area contributed by atoms with E-state index < -0.39 is 12.1 Å². The van der Waals surface area contributed by atoms with Crippen LogP contribution in [0.4, 0.5) is 0 Å². The van der Waals surface area contributed by atoms with E-state index in [-0.39, 0.29) is 12.5 Å². The Labute approximate surface area is 157 Å². The maximum absolute atomic E-state index is 10.3. The third kappa shape index (κ3) is 18.2. The van der Waals surface area contributed by atoms with Gasteiger partial charge in [-0.25, -0.2) is 0 Å². The number of aliphatic hydroxyl groups is 2. The van der Waals surface area contributed by atoms with Gasteiger partial charge in [0.15, 0.2) is 0 Å². The number of rotatable bonds is 14. The van der Waals surface area contributed by atoms with Crippen LogP contribution in [0.2, 0.25) is 0 Å². The molecule has 0 fully saturated rings. The first kappa shape index (κ1) is 23.8. The van der Waals surface area contributed by atoms with Crippen LogP contribution in [-0.4, -0.2) is 33.5 Å². The first-order valence-electron chi connectivity index (χ1n) is 9.10. The van der Waals surface area contributed by atoms with Crippen molar-refractivity contribution in [2.45, 2.75) is 57.7 Å². The van der Waals surface area contributed by atoms with Crippen LogP contribution < -0.4 is 0 Å². The van der Waals surface area contributed by atoms with Gasteiger partial charge in [-0.1, -0.05) is 79.8 Å². The van der Waals surface area contributed by atoms with Crippen LogP contribution in [0.5, 0.6) is 0 Å². The average molecular weight is 360 g/mol. The molecule has 0 radical (unpaired) electrons. The fourth-order valence-electron chi connectivity index (χ4n) is 1.82. The van der Waals surface area contributed by atoms with Gasteiger partial charge < -0.3 is 15.3 Å². The van der Waals surface area contributed by atoms with Gasteiger partial charge in [0.1, 0.15) is 0 Å². The third-order valence-electron chi connectivity index (χ3n) is 3.36. The van der Waals surface area contributed by atoms with Gasteiger partial charge in [0.05, 0.1) is 12.2 Å². The highest BCUT2D eigenvalue weighted by atomic mass is 16.4. The molecule has 0 bridgehead atoms. The van der Waals surface area contributed by atoms with Crippen LogP contribution in [0.25, 0.3) is 0 Å². The minimum absolute atomic E-state index is 0.158. The Bertz CT molecular complexity index is 524. The van der Waals surface area contributed by atoms with E-state index in [2.05, 4.69) is 0 Å². The minimum atomic E-state index is -0.783. The Balaban J connectivity index is 3.80. The van der Waals surface area contributed by atoms with E-state index in [1.165, 1.54) is 0 Å². The van der Waals surface area contributed by atoms with Gasteiger partial charge in [0.2, 0.25) is 0 Å². The summed E-state index contributed by atoms with van der Waals surface area (Å²) in [5.41, 5.74) is 0. The molecule has 0 aliphatic rings. The molecule has 0 unspecified atom stereocenters. The van der Waals surface area contributed by atoms with Crippen LogP contribution in [0, 0.1) is 0 Å². The molecule has 0 rings (SSSR count). The zero-order chi connectivity index (χ0) is 19.5. The van der Waals surface area contributed by atoms with Crippen LogP contribution in [0.1, 0.15) is 45.4 Å². The number of carboxylic acid groups (broad SMARTS) is 1. The van der Waals surface area contributed by atoms with E-state index in [0.29, 0.717) is 12.8 Å². The molecule has 0 heterocycles. The second kappa shape index (κ2) is 17.6. The van der Waals surface area contributed by atoms with Crippen LogP contribution in [0.15, 0.2) is 72.9 Å². The molecule has 0 aromatic heterocycles. The standard InChI is InChI=1S/C22H32O4/c1-2-20(23)16-12-8-4-3-5-9-13-17-21(24)18-14-10-6-7-11-15-19-22(25)26/h4-5,7-14,16-17,20-21,23-24H,2-3,6,15,18-19H2,1H3,(H,25,26)/b8-4-,9-5-,11-7-,14-10-,16-12+,17-13-/t20-,21+/m1/s1. The summed E-state index contributed by atoms with van der Waals surface area (Å²) >= 11 is 0. The number of carboxylic acids is 1. The van der Waals surface area contributed by atoms with Gasteiger partial charge in [-0.15, -0.1) is 0 Å². The second-order valence-electron chi connectivity index (χ2n) is 5.75. The van der Waals surface area contributed by atoms with Gasteiger partial charge in [-0.05, 0) is 32.1 Å². The highest BCUT2D eigenvalue weighted by Crippen LogP contribution is 1.99. The normalized spacial score (nSPS) is 15.5. The van der Waals surface area contributed by atoms with Crippen LogP contribution in [-0.2, 0) is 4.79 Å². The van der Waals surface area contributed by atoms with Crippen molar-refractivity contribution in [1.82, 2.24) is 0 Å². The van der Waals surface area contributed by atoms with E-state index in [4.69, 9.17) is 5.11 Å². The Kier molecular flexibility index (Phi) is 16.2. The van der Waals surface area contributed by atoms with Crippen molar-refractivity contribution in [3.8, 4) is 0 Å². The zero-order valence-corrected chi connectivity index (χ0v) is 15.6. The van der Waals surface area contributed by atoms with Gasteiger partial charge in [0.25, 0.3) is 0 Å². The Hall–Kier alpha value is -2.17. The van der Waals surface area contributed by atoms with Crippen molar-refractivity contribution >= 4 is 5.97 Å². The summed E-state index contributed by atoms with van der Waals surface area (Å²) < 4.78 is 0. The molecule has 0 amide bonds.